The third kappa shape index (κ3) is 9.39. The van der Waals surface area contributed by atoms with Crippen molar-refractivity contribution in [3.8, 4) is 33.6 Å². The van der Waals surface area contributed by atoms with Crippen molar-refractivity contribution in [2.75, 3.05) is 0 Å². The summed E-state index contributed by atoms with van der Waals surface area (Å²) in [5, 5.41) is 1.46. The van der Waals surface area contributed by atoms with E-state index in [4.69, 9.17) is 4.98 Å². The van der Waals surface area contributed by atoms with Gasteiger partial charge in [0.2, 0.25) is 0 Å². The first-order valence-electron chi connectivity index (χ1n) is 15.6. The van der Waals surface area contributed by atoms with E-state index in [2.05, 4.69) is 139 Å². The number of pyridine rings is 3. The van der Waals surface area contributed by atoms with E-state index in [1.165, 1.54) is 33.0 Å². The minimum atomic E-state index is -1.43. The van der Waals surface area contributed by atoms with Crippen molar-refractivity contribution in [1.29, 1.82) is 0 Å². The number of hydrogen-bond donors (Lipinski definition) is 0. The van der Waals surface area contributed by atoms with E-state index in [0.29, 0.717) is 11.8 Å². The van der Waals surface area contributed by atoms with Crippen LogP contribution in [0.5, 0.6) is 0 Å². The number of hydrogen-bond acceptors (Lipinski definition) is 3. The Kier molecular flexibility index (Phi) is 12.4. The zero-order chi connectivity index (χ0) is 32.1. The molecule has 45 heavy (non-hydrogen) atoms. The van der Waals surface area contributed by atoms with Gasteiger partial charge in [0.1, 0.15) is 0 Å². The molecule has 1 atom stereocenters. The van der Waals surface area contributed by atoms with Crippen molar-refractivity contribution in [3.05, 3.63) is 120 Å². The molecule has 0 spiro atoms. The first-order valence-corrected chi connectivity index (χ1v) is 19.1. The molecule has 0 aliphatic rings. The van der Waals surface area contributed by atoms with Gasteiger partial charge in [-0.25, -0.2) is 0 Å². The predicted octanol–water partition coefficient (Wildman–Crippen LogP) is 10.3. The largest absolute Gasteiger partial charge is 0.360 e. The van der Waals surface area contributed by atoms with E-state index in [0.717, 1.165) is 22.5 Å². The fourth-order valence-corrected chi connectivity index (χ4v) is 6.75. The second kappa shape index (κ2) is 15.4. The summed E-state index contributed by atoms with van der Waals surface area (Å²) >= 11 is 0. The van der Waals surface area contributed by atoms with Crippen molar-refractivity contribution < 1.29 is 20.1 Å². The van der Waals surface area contributed by atoms with Crippen LogP contribution in [0, 0.1) is 24.5 Å². The molecule has 0 aliphatic heterocycles. The van der Waals surface area contributed by atoms with Gasteiger partial charge in [-0.2, -0.15) is 0 Å². The molecule has 0 amide bonds. The molecule has 3 nitrogen and oxygen atoms in total. The second-order valence-corrected chi connectivity index (χ2v) is 19.1. The molecule has 3 heterocycles. The van der Waals surface area contributed by atoms with Crippen LogP contribution in [0.3, 0.4) is 0 Å². The van der Waals surface area contributed by atoms with Crippen LogP contribution >= 0.6 is 0 Å². The maximum atomic E-state index is 4.70. The van der Waals surface area contributed by atoms with Crippen LogP contribution in [0.25, 0.3) is 33.6 Å². The molecule has 2 aromatic carbocycles. The van der Waals surface area contributed by atoms with Gasteiger partial charge in [-0.15, -0.1) is 53.6 Å². The standard InChI is InChI=1S/C21H20N.C19H27N2Si.Ir/c1-15(2)20-14-22-21(18-7-5-4-6-8-18)13-19(20)17-11-9-16(3)10-12-17;1-14(19(2,3)4)16-11-17(15-9-8-10-20-12-15)21-13-18(16)22(5,6)7;/h4-7,9-15H,1-3H3;8,10-14H,1-7H3;/q2*-1;. The molecular weight excluding hydrogens is 743 g/mol. The Balaban J connectivity index is 0.000000240. The van der Waals surface area contributed by atoms with E-state index < -0.39 is 8.07 Å². The zero-order valence-electron chi connectivity index (χ0n) is 28.5. The van der Waals surface area contributed by atoms with Gasteiger partial charge in [-0.3, -0.25) is 0 Å². The zero-order valence-corrected chi connectivity index (χ0v) is 31.9. The maximum Gasteiger partial charge on any atom is 0.0799 e. The van der Waals surface area contributed by atoms with Crippen molar-refractivity contribution in [3.63, 3.8) is 0 Å². The number of benzene rings is 2. The quantitative estimate of drug-likeness (QED) is 0.127. The molecule has 5 rings (SSSR count). The van der Waals surface area contributed by atoms with Crippen LogP contribution in [0.4, 0.5) is 0 Å². The average Bonchev–Trinajstić information content (AvgIpc) is 3.00. The third-order valence-electron chi connectivity index (χ3n) is 8.29. The van der Waals surface area contributed by atoms with Gasteiger partial charge < -0.3 is 15.0 Å². The first kappa shape index (κ1) is 36.2. The van der Waals surface area contributed by atoms with Gasteiger partial charge in [0.05, 0.1) is 8.07 Å². The second-order valence-electron chi connectivity index (χ2n) is 14.1. The van der Waals surface area contributed by atoms with Crippen LogP contribution < -0.4 is 5.19 Å². The monoisotopic (exact) mass is 790 g/mol. The summed E-state index contributed by atoms with van der Waals surface area (Å²) in [6.07, 6.45) is 7.69. The summed E-state index contributed by atoms with van der Waals surface area (Å²) in [6.45, 7) is 23.0. The normalized spacial score (nSPS) is 12.2. The van der Waals surface area contributed by atoms with Gasteiger partial charge in [0.15, 0.2) is 0 Å². The predicted molar refractivity (Wildman–Crippen MR) is 190 cm³/mol. The molecule has 1 unspecified atom stereocenters. The van der Waals surface area contributed by atoms with E-state index >= 15 is 0 Å². The Morgan fingerprint density at radius 1 is 0.733 bits per heavy atom. The van der Waals surface area contributed by atoms with Gasteiger partial charge >= 0.3 is 0 Å². The topological polar surface area (TPSA) is 38.7 Å². The van der Waals surface area contributed by atoms with E-state index in [1.54, 1.807) is 6.20 Å². The Hall–Kier alpha value is -3.24. The van der Waals surface area contributed by atoms with Crippen molar-refractivity contribution in [1.82, 2.24) is 15.0 Å². The van der Waals surface area contributed by atoms with Crippen LogP contribution in [-0.2, 0) is 20.1 Å². The van der Waals surface area contributed by atoms with E-state index in [-0.39, 0.29) is 25.5 Å². The number of rotatable bonds is 6. The number of aromatic nitrogens is 3. The summed E-state index contributed by atoms with van der Waals surface area (Å²) in [5.41, 5.74) is 10.7. The van der Waals surface area contributed by atoms with Crippen molar-refractivity contribution in [2.24, 2.45) is 5.41 Å². The number of aryl methyl sites for hydroxylation is 1. The van der Waals surface area contributed by atoms with Crippen LogP contribution in [0.1, 0.15) is 70.1 Å². The fraction of sp³-hybridized carbons (Fsp3) is 0.325. The molecule has 3 aromatic heterocycles. The molecule has 0 saturated heterocycles. The van der Waals surface area contributed by atoms with Crippen LogP contribution in [0.15, 0.2) is 91.5 Å². The van der Waals surface area contributed by atoms with Gasteiger partial charge in [0.25, 0.3) is 0 Å². The van der Waals surface area contributed by atoms with Crippen LogP contribution in [0.2, 0.25) is 19.6 Å². The Morgan fingerprint density at radius 3 is 1.93 bits per heavy atom. The average molecular weight is 790 g/mol. The van der Waals surface area contributed by atoms with E-state index in [9.17, 15) is 0 Å². The van der Waals surface area contributed by atoms with Crippen molar-refractivity contribution in [2.45, 2.75) is 79.9 Å². The maximum absolute atomic E-state index is 4.70. The fourth-order valence-electron chi connectivity index (χ4n) is 5.14. The first-order chi connectivity index (χ1) is 20.8. The molecule has 0 saturated carbocycles. The SMILES string of the molecule is CC(c1cc(-c2[c-]ccnc2)ncc1[Si](C)(C)C)C(C)(C)C.Cc1ccc(-c2cc(-c3[c-]cccc3)ncc2C(C)C)cc1.[Ir]. The van der Waals surface area contributed by atoms with E-state index in [1.807, 2.05) is 36.7 Å². The Morgan fingerprint density at radius 2 is 1.38 bits per heavy atom. The molecular formula is C40H47IrN3Si-2. The summed E-state index contributed by atoms with van der Waals surface area (Å²) in [5.74, 6) is 0.922. The van der Waals surface area contributed by atoms with Gasteiger partial charge in [0, 0.05) is 32.5 Å². The molecule has 0 fully saturated rings. The summed E-state index contributed by atoms with van der Waals surface area (Å²) < 4.78 is 0. The minimum absolute atomic E-state index is 0. The molecule has 0 aliphatic carbocycles. The molecule has 237 valence electrons. The summed E-state index contributed by atoms with van der Waals surface area (Å²) in [7, 11) is -1.43. The minimum Gasteiger partial charge on any atom is -0.360 e. The summed E-state index contributed by atoms with van der Waals surface area (Å²) in [4.78, 5) is 13.5. The molecule has 1 radical (unpaired) electrons. The summed E-state index contributed by atoms with van der Waals surface area (Å²) in [6, 6.07) is 29.5. The number of nitrogens with zero attached hydrogens (tertiary/aromatic N) is 3. The smallest absolute Gasteiger partial charge is 0.0799 e. The van der Waals surface area contributed by atoms with Crippen LogP contribution in [-0.4, -0.2) is 23.0 Å². The Bertz CT molecular complexity index is 1650. The molecule has 5 heteroatoms. The van der Waals surface area contributed by atoms with Gasteiger partial charge in [-0.05, 0) is 57.4 Å². The molecule has 0 N–H and O–H groups in total. The van der Waals surface area contributed by atoms with Crippen molar-refractivity contribution >= 4 is 13.3 Å². The molecule has 5 aromatic rings. The Labute approximate surface area is 286 Å². The third-order valence-corrected chi connectivity index (χ3v) is 10.3. The van der Waals surface area contributed by atoms with Gasteiger partial charge in [-0.1, -0.05) is 121 Å². The molecule has 0 bridgehead atoms.